The zero-order valence-corrected chi connectivity index (χ0v) is 20.9. The Balaban J connectivity index is 1.67. The second-order valence-corrected chi connectivity index (χ2v) is 9.92. The summed E-state index contributed by atoms with van der Waals surface area (Å²) in [6.45, 7) is 4.00. The number of halogens is 2. The number of nitrogens with zero attached hydrogens (tertiary/aromatic N) is 5. The highest BCUT2D eigenvalue weighted by Crippen LogP contribution is 2.43. The molecule has 0 bridgehead atoms. The molecule has 194 valence electrons. The molecular weight excluding hydrogens is 490 g/mol. The molecule has 3 aromatic rings. The van der Waals surface area contributed by atoms with Gasteiger partial charge in [0.15, 0.2) is 33.8 Å². The lowest BCUT2D eigenvalue weighted by atomic mass is 10.0. The van der Waals surface area contributed by atoms with Gasteiger partial charge in [-0.15, -0.1) is 5.10 Å². The molecule has 1 aliphatic carbocycles. The van der Waals surface area contributed by atoms with E-state index >= 15 is 0 Å². The van der Waals surface area contributed by atoms with E-state index in [0.717, 1.165) is 30.7 Å². The van der Waals surface area contributed by atoms with Crippen molar-refractivity contribution in [3.8, 4) is 0 Å². The van der Waals surface area contributed by atoms with Gasteiger partial charge in [0, 0.05) is 17.7 Å². The molecule has 0 saturated heterocycles. The lowest BCUT2D eigenvalue weighted by Gasteiger charge is -2.25. The third kappa shape index (κ3) is 5.60. The number of hydrogen-bond acceptors (Lipinski definition) is 9. The standard InChI is InChI=1S/C24H30F2N6O3S/c1-3-5-18(21(35)19(34)8-9-33)32-23-20(30-31-32)22(28-24(29-23)36-10-4-2)27-17-12-14(17)13-6-7-15(25)16(26)11-13/h6-9,11,14,17-19,21,33-35H,3-5,10,12H2,1-2H3,(H,27,28,29)/b9-8-/t14-,17+,18+,19+,21-/m0/s1. The van der Waals surface area contributed by atoms with Crippen LogP contribution in [0.4, 0.5) is 14.6 Å². The molecule has 12 heteroatoms. The Labute approximate surface area is 211 Å². The number of thioether (sulfide) groups is 1. The first-order valence-electron chi connectivity index (χ1n) is 12.0. The van der Waals surface area contributed by atoms with E-state index in [2.05, 4.69) is 32.5 Å². The molecule has 36 heavy (non-hydrogen) atoms. The topological polar surface area (TPSA) is 129 Å². The van der Waals surface area contributed by atoms with Crippen LogP contribution < -0.4 is 5.32 Å². The Morgan fingerprint density at radius 3 is 2.69 bits per heavy atom. The van der Waals surface area contributed by atoms with Gasteiger partial charge < -0.3 is 20.6 Å². The molecule has 0 unspecified atom stereocenters. The second kappa shape index (κ2) is 11.5. The van der Waals surface area contributed by atoms with Gasteiger partial charge >= 0.3 is 0 Å². The smallest absolute Gasteiger partial charge is 0.191 e. The molecule has 0 spiro atoms. The number of aliphatic hydroxyl groups is 3. The number of rotatable bonds is 12. The number of hydrogen-bond donors (Lipinski definition) is 4. The van der Waals surface area contributed by atoms with E-state index in [0.29, 0.717) is 46.8 Å². The van der Waals surface area contributed by atoms with Crippen molar-refractivity contribution in [3.05, 3.63) is 47.7 Å². The van der Waals surface area contributed by atoms with Gasteiger partial charge in [-0.05, 0) is 43.0 Å². The Morgan fingerprint density at radius 2 is 2.00 bits per heavy atom. The van der Waals surface area contributed by atoms with Crippen LogP contribution in [0, 0.1) is 11.6 Å². The minimum Gasteiger partial charge on any atom is -0.516 e. The monoisotopic (exact) mass is 520 g/mol. The number of fused-ring (bicyclic) bond motifs is 1. The van der Waals surface area contributed by atoms with Crippen LogP contribution in [0.25, 0.3) is 11.2 Å². The largest absolute Gasteiger partial charge is 0.516 e. The maximum absolute atomic E-state index is 13.7. The molecular formula is C24H30F2N6O3S. The average Bonchev–Trinajstić information content (AvgIpc) is 3.50. The zero-order chi connectivity index (χ0) is 25.8. The van der Waals surface area contributed by atoms with Crippen molar-refractivity contribution in [3.63, 3.8) is 0 Å². The number of aromatic nitrogens is 5. The third-order valence-corrected chi connectivity index (χ3v) is 7.20. The maximum Gasteiger partial charge on any atom is 0.191 e. The number of benzene rings is 1. The summed E-state index contributed by atoms with van der Waals surface area (Å²) in [7, 11) is 0. The quantitative estimate of drug-likeness (QED) is 0.158. The molecule has 1 fully saturated rings. The molecule has 0 radical (unpaired) electrons. The van der Waals surface area contributed by atoms with Crippen molar-refractivity contribution in [2.45, 2.75) is 74.9 Å². The number of nitrogens with one attached hydrogen (secondary N) is 1. The Hall–Kier alpha value is -2.83. The first-order chi connectivity index (χ1) is 17.4. The highest BCUT2D eigenvalue weighted by molar-refractivity contribution is 7.99. The highest BCUT2D eigenvalue weighted by Gasteiger charge is 2.40. The summed E-state index contributed by atoms with van der Waals surface area (Å²) >= 11 is 1.48. The number of anilines is 1. The molecule has 5 atom stereocenters. The van der Waals surface area contributed by atoms with Crippen molar-refractivity contribution in [1.29, 1.82) is 0 Å². The van der Waals surface area contributed by atoms with Gasteiger partial charge in [0.05, 0.1) is 12.3 Å². The van der Waals surface area contributed by atoms with Crippen molar-refractivity contribution in [2.24, 2.45) is 0 Å². The molecule has 2 heterocycles. The van der Waals surface area contributed by atoms with E-state index < -0.39 is 29.9 Å². The summed E-state index contributed by atoms with van der Waals surface area (Å²) in [5.41, 5.74) is 1.53. The van der Waals surface area contributed by atoms with Gasteiger partial charge in [-0.3, -0.25) is 0 Å². The van der Waals surface area contributed by atoms with E-state index in [-0.39, 0.29) is 12.0 Å². The normalized spacial score (nSPS) is 20.1. The van der Waals surface area contributed by atoms with E-state index in [1.54, 1.807) is 6.07 Å². The predicted molar refractivity (Wildman–Crippen MR) is 133 cm³/mol. The third-order valence-electron chi connectivity index (χ3n) is 6.15. The molecule has 1 aromatic carbocycles. The van der Waals surface area contributed by atoms with E-state index in [1.165, 1.54) is 22.5 Å². The second-order valence-electron chi connectivity index (χ2n) is 8.85. The fourth-order valence-electron chi connectivity index (χ4n) is 4.20. The van der Waals surface area contributed by atoms with E-state index in [4.69, 9.17) is 5.11 Å². The van der Waals surface area contributed by atoms with Crippen molar-refractivity contribution >= 4 is 28.7 Å². The fraction of sp³-hybridized carbons (Fsp3) is 0.500. The highest BCUT2D eigenvalue weighted by atomic mass is 32.2. The first kappa shape index (κ1) is 26.2. The van der Waals surface area contributed by atoms with Gasteiger partial charge in [0.2, 0.25) is 0 Å². The lowest BCUT2D eigenvalue weighted by Crippen LogP contribution is -2.34. The molecule has 0 aliphatic heterocycles. The summed E-state index contributed by atoms with van der Waals surface area (Å²) in [5, 5.41) is 42.5. The average molecular weight is 521 g/mol. The molecule has 1 aliphatic rings. The van der Waals surface area contributed by atoms with Crippen LogP contribution in [-0.4, -0.2) is 64.3 Å². The summed E-state index contributed by atoms with van der Waals surface area (Å²) in [6, 6.07) is 3.25. The summed E-state index contributed by atoms with van der Waals surface area (Å²) in [4.78, 5) is 9.29. The SMILES string of the molecule is CCCSc1nc(N[C@@H]2C[C@H]2c2ccc(F)c(F)c2)c2nnn([C@H](CCC)[C@H](O)[C@H](O)/C=C\O)c2n1. The van der Waals surface area contributed by atoms with Gasteiger partial charge in [0.1, 0.15) is 12.2 Å². The van der Waals surface area contributed by atoms with Crippen LogP contribution in [0.2, 0.25) is 0 Å². The number of aliphatic hydroxyl groups excluding tert-OH is 3. The van der Waals surface area contributed by atoms with Crippen molar-refractivity contribution < 1.29 is 24.1 Å². The van der Waals surface area contributed by atoms with Crippen LogP contribution in [0.3, 0.4) is 0 Å². The van der Waals surface area contributed by atoms with Gasteiger partial charge in [0.25, 0.3) is 0 Å². The predicted octanol–water partition coefficient (Wildman–Crippen LogP) is 4.10. The Morgan fingerprint density at radius 1 is 1.19 bits per heavy atom. The van der Waals surface area contributed by atoms with Crippen molar-refractivity contribution in [2.75, 3.05) is 11.1 Å². The summed E-state index contributed by atoms with van der Waals surface area (Å²) in [6.07, 6.45) is 2.07. The molecule has 4 N–H and O–H groups in total. The summed E-state index contributed by atoms with van der Waals surface area (Å²) in [5.74, 6) is -0.474. The van der Waals surface area contributed by atoms with Crippen LogP contribution >= 0.6 is 11.8 Å². The van der Waals surface area contributed by atoms with Crippen LogP contribution in [0.5, 0.6) is 0 Å². The minimum atomic E-state index is -1.30. The zero-order valence-electron chi connectivity index (χ0n) is 20.1. The van der Waals surface area contributed by atoms with Gasteiger partial charge in [-0.2, -0.15) is 0 Å². The van der Waals surface area contributed by atoms with E-state index in [9.17, 15) is 19.0 Å². The molecule has 4 rings (SSSR count). The molecule has 1 saturated carbocycles. The van der Waals surface area contributed by atoms with Crippen molar-refractivity contribution in [1.82, 2.24) is 25.0 Å². The first-order valence-corrected chi connectivity index (χ1v) is 13.0. The minimum absolute atomic E-state index is 0.00184. The Kier molecular flexibility index (Phi) is 8.37. The van der Waals surface area contributed by atoms with Crippen LogP contribution in [-0.2, 0) is 0 Å². The molecule has 9 nitrogen and oxygen atoms in total. The molecule has 0 amide bonds. The molecule has 2 aromatic heterocycles. The lowest BCUT2D eigenvalue weighted by molar-refractivity contribution is 0.00555. The van der Waals surface area contributed by atoms with Crippen LogP contribution in [0.1, 0.15) is 57.1 Å². The van der Waals surface area contributed by atoms with E-state index in [1.807, 2.05) is 6.92 Å². The fourth-order valence-corrected chi connectivity index (χ4v) is 4.89. The van der Waals surface area contributed by atoms with Gasteiger partial charge in [-0.25, -0.2) is 23.4 Å². The Bertz CT molecular complexity index is 1230. The van der Waals surface area contributed by atoms with Crippen LogP contribution in [0.15, 0.2) is 35.7 Å². The maximum atomic E-state index is 13.7. The van der Waals surface area contributed by atoms with Gasteiger partial charge in [-0.1, -0.05) is 43.3 Å². The summed E-state index contributed by atoms with van der Waals surface area (Å²) < 4.78 is 28.6.